The van der Waals surface area contributed by atoms with Gasteiger partial charge >= 0.3 is 0 Å². The minimum absolute atomic E-state index is 0.0609. The summed E-state index contributed by atoms with van der Waals surface area (Å²) in [6, 6.07) is 0. The van der Waals surface area contributed by atoms with Crippen molar-refractivity contribution >= 4 is 29.1 Å². The lowest BCUT2D eigenvalue weighted by atomic mass is 10.8. The topological polar surface area (TPSA) is 65.9 Å². The summed E-state index contributed by atoms with van der Waals surface area (Å²) in [6.45, 7) is 1.82. The first kappa shape index (κ1) is 8.48. The Labute approximate surface area is 71.7 Å². The Balaban J connectivity index is 2.45. The zero-order chi connectivity index (χ0) is 8.27. The Morgan fingerprint density at radius 1 is 1.73 bits per heavy atom. The van der Waals surface area contributed by atoms with Gasteiger partial charge in [-0.05, 0) is 6.92 Å². The van der Waals surface area contributed by atoms with E-state index >= 15 is 0 Å². The van der Waals surface area contributed by atoms with E-state index in [0.717, 1.165) is 16.8 Å². The van der Waals surface area contributed by atoms with Crippen molar-refractivity contribution in [1.82, 2.24) is 10.2 Å². The first-order chi connectivity index (χ1) is 5.18. The second kappa shape index (κ2) is 3.68. The molecule has 4 nitrogen and oxygen atoms in total. The van der Waals surface area contributed by atoms with Crippen LogP contribution < -0.4 is 5.11 Å². The molecular formula is C5H5N2O2S2-. The highest BCUT2D eigenvalue weighted by molar-refractivity contribution is 8.01. The molecule has 0 saturated heterocycles. The Morgan fingerprint density at radius 2 is 2.45 bits per heavy atom. The average molecular weight is 189 g/mol. The van der Waals surface area contributed by atoms with Crippen molar-refractivity contribution in [3.05, 3.63) is 5.01 Å². The molecule has 1 heterocycles. The number of aryl methyl sites for hydroxylation is 1. The summed E-state index contributed by atoms with van der Waals surface area (Å²) < 4.78 is 0.673. The molecule has 0 radical (unpaired) electrons. The predicted molar refractivity (Wildman–Crippen MR) is 40.4 cm³/mol. The highest BCUT2D eigenvalue weighted by atomic mass is 32.2. The van der Waals surface area contributed by atoms with Gasteiger partial charge < -0.3 is 9.90 Å². The highest BCUT2D eigenvalue weighted by Gasteiger charge is 1.99. The van der Waals surface area contributed by atoms with Gasteiger partial charge in [-0.2, -0.15) is 0 Å². The molecule has 0 aliphatic rings. The lowest BCUT2D eigenvalue weighted by Crippen LogP contribution is -2.24. The molecule has 0 bridgehead atoms. The van der Waals surface area contributed by atoms with Gasteiger partial charge in [-0.15, -0.1) is 10.2 Å². The van der Waals surface area contributed by atoms with Gasteiger partial charge in [0.2, 0.25) is 0 Å². The molecule has 60 valence electrons. The SMILES string of the molecule is Cc1nnc(SCC(=O)[O-])s1. The van der Waals surface area contributed by atoms with E-state index < -0.39 is 5.97 Å². The average Bonchev–Trinajstić information content (AvgIpc) is 2.31. The number of carboxylic acid groups (broad SMARTS) is 1. The fourth-order valence-electron chi connectivity index (χ4n) is 0.457. The van der Waals surface area contributed by atoms with Crippen LogP contribution in [0.1, 0.15) is 5.01 Å². The molecular weight excluding hydrogens is 184 g/mol. The summed E-state index contributed by atoms with van der Waals surface area (Å²) in [6.07, 6.45) is 0. The van der Waals surface area contributed by atoms with Gasteiger partial charge in [-0.25, -0.2) is 0 Å². The number of hydrogen-bond acceptors (Lipinski definition) is 6. The summed E-state index contributed by atoms with van der Waals surface area (Å²) >= 11 is 2.51. The summed E-state index contributed by atoms with van der Waals surface area (Å²) in [5.74, 6) is -1.14. The van der Waals surface area contributed by atoms with E-state index in [1.54, 1.807) is 0 Å². The molecule has 0 aliphatic heterocycles. The molecule has 1 aromatic rings. The lowest BCUT2D eigenvalue weighted by molar-refractivity contribution is -0.301. The number of carbonyl (C=O) groups excluding carboxylic acids is 1. The number of aliphatic carboxylic acids is 1. The number of carboxylic acids is 1. The standard InChI is InChI=1S/C5H6N2O2S2/c1-3-6-7-5(11-3)10-2-4(8)9/h2H2,1H3,(H,8,9)/p-1. The van der Waals surface area contributed by atoms with Crippen LogP contribution in [0.4, 0.5) is 0 Å². The van der Waals surface area contributed by atoms with Crippen molar-refractivity contribution in [2.75, 3.05) is 5.75 Å². The third-order valence-electron chi connectivity index (χ3n) is 0.821. The van der Waals surface area contributed by atoms with Crippen molar-refractivity contribution < 1.29 is 9.90 Å². The van der Waals surface area contributed by atoms with Crippen LogP contribution in [0.3, 0.4) is 0 Å². The lowest BCUT2D eigenvalue weighted by Gasteiger charge is -1.95. The quantitative estimate of drug-likeness (QED) is 0.610. The molecule has 0 fully saturated rings. The maximum Gasteiger partial charge on any atom is 0.174 e. The van der Waals surface area contributed by atoms with E-state index in [-0.39, 0.29) is 5.75 Å². The van der Waals surface area contributed by atoms with Crippen molar-refractivity contribution in [3.8, 4) is 0 Å². The van der Waals surface area contributed by atoms with Gasteiger partial charge in [0, 0.05) is 5.75 Å². The number of hydrogen-bond donors (Lipinski definition) is 0. The summed E-state index contributed by atoms with van der Waals surface area (Å²) in [5, 5.41) is 18.3. The van der Waals surface area contributed by atoms with Gasteiger partial charge in [0.25, 0.3) is 0 Å². The number of carbonyl (C=O) groups is 1. The Bertz CT molecular complexity index is 261. The molecule has 0 spiro atoms. The maximum atomic E-state index is 10.0. The van der Waals surface area contributed by atoms with Crippen LogP contribution in [-0.4, -0.2) is 21.9 Å². The maximum absolute atomic E-state index is 10.0. The zero-order valence-electron chi connectivity index (χ0n) is 5.73. The van der Waals surface area contributed by atoms with Crippen molar-refractivity contribution in [2.24, 2.45) is 0 Å². The third-order valence-corrected chi connectivity index (χ3v) is 2.77. The summed E-state index contributed by atoms with van der Waals surface area (Å²) in [5.41, 5.74) is 0. The van der Waals surface area contributed by atoms with Crippen molar-refractivity contribution in [1.29, 1.82) is 0 Å². The molecule has 11 heavy (non-hydrogen) atoms. The van der Waals surface area contributed by atoms with Gasteiger partial charge in [0.05, 0.1) is 5.97 Å². The molecule has 0 N–H and O–H groups in total. The normalized spacial score (nSPS) is 9.91. The van der Waals surface area contributed by atoms with Gasteiger partial charge in [0.15, 0.2) is 4.34 Å². The Morgan fingerprint density at radius 3 is 2.91 bits per heavy atom. The predicted octanol–water partition coefficient (Wildman–Crippen LogP) is -0.311. The molecule has 1 aromatic heterocycles. The van der Waals surface area contributed by atoms with Crippen LogP contribution in [0.5, 0.6) is 0 Å². The monoisotopic (exact) mass is 189 g/mol. The number of nitrogens with zero attached hydrogens (tertiary/aromatic N) is 2. The van der Waals surface area contributed by atoms with E-state index in [2.05, 4.69) is 10.2 Å². The second-order valence-corrected chi connectivity index (χ2v) is 4.15. The molecule has 0 saturated carbocycles. The minimum atomic E-state index is -1.08. The molecule has 1 rings (SSSR count). The number of thioether (sulfide) groups is 1. The van der Waals surface area contributed by atoms with Crippen LogP contribution >= 0.6 is 23.1 Å². The first-order valence-electron chi connectivity index (χ1n) is 2.81. The largest absolute Gasteiger partial charge is 0.549 e. The van der Waals surface area contributed by atoms with Crippen LogP contribution in [-0.2, 0) is 4.79 Å². The molecule has 0 unspecified atom stereocenters. The van der Waals surface area contributed by atoms with Crippen LogP contribution in [0.2, 0.25) is 0 Å². The molecule has 0 amide bonds. The second-order valence-electron chi connectivity index (χ2n) is 1.75. The van der Waals surface area contributed by atoms with E-state index in [1.807, 2.05) is 6.92 Å². The zero-order valence-corrected chi connectivity index (χ0v) is 7.37. The smallest absolute Gasteiger partial charge is 0.174 e. The number of aromatic nitrogens is 2. The van der Waals surface area contributed by atoms with Crippen LogP contribution in [0, 0.1) is 6.92 Å². The van der Waals surface area contributed by atoms with E-state index in [1.165, 1.54) is 11.3 Å². The Hall–Kier alpha value is -0.620. The number of rotatable bonds is 3. The highest BCUT2D eigenvalue weighted by Crippen LogP contribution is 2.20. The molecule has 0 atom stereocenters. The van der Waals surface area contributed by atoms with Crippen LogP contribution in [0.15, 0.2) is 4.34 Å². The van der Waals surface area contributed by atoms with Crippen molar-refractivity contribution in [3.63, 3.8) is 0 Å². The molecule has 0 aliphatic carbocycles. The summed E-state index contributed by atoms with van der Waals surface area (Å²) in [4.78, 5) is 10.0. The van der Waals surface area contributed by atoms with Gasteiger partial charge in [-0.1, -0.05) is 23.1 Å². The van der Waals surface area contributed by atoms with E-state index in [4.69, 9.17) is 0 Å². The minimum Gasteiger partial charge on any atom is -0.549 e. The fourth-order valence-corrected chi connectivity index (χ4v) is 1.99. The van der Waals surface area contributed by atoms with Crippen molar-refractivity contribution in [2.45, 2.75) is 11.3 Å². The van der Waals surface area contributed by atoms with Gasteiger partial charge in [-0.3, -0.25) is 0 Å². The molecule has 0 aromatic carbocycles. The fraction of sp³-hybridized carbons (Fsp3) is 0.400. The summed E-state index contributed by atoms with van der Waals surface area (Å²) in [7, 11) is 0. The Kier molecular flexibility index (Phi) is 2.84. The van der Waals surface area contributed by atoms with Crippen LogP contribution in [0.25, 0.3) is 0 Å². The van der Waals surface area contributed by atoms with Gasteiger partial charge in [0.1, 0.15) is 5.01 Å². The third kappa shape index (κ3) is 2.85. The van der Waals surface area contributed by atoms with E-state index in [9.17, 15) is 9.90 Å². The molecule has 6 heteroatoms. The van der Waals surface area contributed by atoms with E-state index in [0.29, 0.717) is 4.34 Å². The first-order valence-corrected chi connectivity index (χ1v) is 4.61.